The zero-order valence-electron chi connectivity index (χ0n) is 16.0. The fourth-order valence-electron chi connectivity index (χ4n) is 3.32. The molecule has 0 aliphatic heterocycles. The Balaban J connectivity index is 1.49. The molecule has 0 saturated carbocycles. The van der Waals surface area contributed by atoms with Gasteiger partial charge >= 0.3 is 0 Å². The van der Waals surface area contributed by atoms with Crippen LogP contribution < -0.4 is 5.32 Å². The highest BCUT2D eigenvalue weighted by Gasteiger charge is 2.15. The van der Waals surface area contributed by atoms with E-state index in [9.17, 15) is 8.42 Å². The van der Waals surface area contributed by atoms with E-state index in [1.807, 2.05) is 61.5 Å². The molecule has 0 unspecified atom stereocenters. The molecule has 0 amide bonds. The summed E-state index contributed by atoms with van der Waals surface area (Å²) < 4.78 is 26.5. The number of hydrogen-bond donors (Lipinski definition) is 1. The predicted molar refractivity (Wildman–Crippen MR) is 117 cm³/mol. The van der Waals surface area contributed by atoms with Gasteiger partial charge in [0.2, 0.25) is 0 Å². The molecule has 0 fully saturated rings. The van der Waals surface area contributed by atoms with Crippen LogP contribution in [0.4, 0.5) is 5.82 Å². The fraction of sp³-hybridized carbons (Fsp3) is 0.238. The van der Waals surface area contributed by atoms with Crippen molar-refractivity contribution in [2.24, 2.45) is 0 Å². The van der Waals surface area contributed by atoms with E-state index in [1.54, 1.807) is 4.52 Å². The molecule has 0 aliphatic carbocycles. The number of aryl methyl sites for hydroxylation is 1. The molecule has 4 aromatic rings. The maximum absolute atomic E-state index is 12.4. The Hall–Kier alpha value is -2.64. The summed E-state index contributed by atoms with van der Waals surface area (Å²) in [5, 5.41) is 9.17. The van der Waals surface area contributed by atoms with E-state index < -0.39 is 9.84 Å². The Morgan fingerprint density at radius 3 is 2.59 bits per heavy atom. The number of nitrogens with one attached hydrogen (secondary N) is 1. The van der Waals surface area contributed by atoms with Crippen molar-refractivity contribution in [3.63, 3.8) is 0 Å². The second-order valence-electron chi connectivity index (χ2n) is 6.97. The summed E-state index contributed by atoms with van der Waals surface area (Å²) in [4.78, 5) is 4.63. The number of hydrogen-bond acceptors (Lipinski definition) is 5. The van der Waals surface area contributed by atoms with Crippen LogP contribution in [0.3, 0.4) is 0 Å². The van der Waals surface area contributed by atoms with E-state index in [2.05, 4.69) is 15.4 Å². The van der Waals surface area contributed by atoms with E-state index in [1.165, 1.54) is 0 Å². The van der Waals surface area contributed by atoms with Gasteiger partial charge in [0.05, 0.1) is 22.7 Å². The maximum Gasteiger partial charge on any atom is 0.176 e. The molecule has 1 N–H and O–H groups in total. The predicted octanol–water partition coefficient (Wildman–Crippen LogP) is 4.26. The van der Waals surface area contributed by atoms with Crippen LogP contribution in [0.5, 0.6) is 0 Å². The molecule has 0 atom stereocenters. The highest BCUT2D eigenvalue weighted by atomic mass is 35.5. The quantitative estimate of drug-likeness (QED) is 0.445. The average Bonchev–Trinajstić information content (AvgIpc) is 3.00. The van der Waals surface area contributed by atoms with Crippen LogP contribution in [0.1, 0.15) is 17.7 Å². The topological polar surface area (TPSA) is 76.4 Å². The van der Waals surface area contributed by atoms with Gasteiger partial charge < -0.3 is 5.32 Å². The molecule has 4 rings (SSSR count). The Labute approximate surface area is 174 Å². The van der Waals surface area contributed by atoms with Crippen LogP contribution in [-0.2, 0) is 15.6 Å². The van der Waals surface area contributed by atoms with E-state index >= 15 is 0 Å². The van der Waals surface area contributed by atoms with E-state index in [0.717, 1.165) is 16.5 Å². The number of anilines is 1. The van der Waals surface area contributed by atoms with Gasteiger partial charge in [-0.15, -0.1) is 0 Å². The van der Waals surface area contributed by atoms with Gasteiger partial charge in [-0.25, -0.2) is 17.9 Å². The van der Waals surface area contributed by atoms with Crippen molar-refractivity contribution in [3.8, 4) is 0 Å². The molecular formula is C21H21ClN4O2S. The molecule has 0 aliphatic rings. The molecule has 0 radical (unpaired) electrons. The van der Waals surface area contributed by atoms with Gasteiger partial charge in [-0.2, -0.15) is 5.10 Å². The lowest BCUT2D eigenvalue weighted by Crippen LogP contribution is -2.14. The highest BCUT2D eigenvalue weighted by Crippen LogP contribution is 2.28. The minimum Gasteiger partial charge on any atom is -0.369 e. The van der Waals surface area contributed by atoms with Crippen molar-refractivity contribution < 1.29 is 8.42 Å². The van der Waals surface area contributed by atoms with E-state index in [4.69, 9.17) is 11.6 Å². The number of rotatable bonds is 7. The van der Waals surface area contributed by atoms with Gasteiger partial charge in [-0.05, 0) is 31.0 Å². The standard InChI is InChI=1S/C21H21ClN4O2S/c1-15-19(22)21-24-20(17-10-5-6-11-18(17)26(21)25-15)23-12-7-13-29(27,28)14-16-8-3-2-4-9-16/h2-6,8-11H,7,12-14H2,1H3,(H,23,24). The van der Waals surface area contributed by atoms with Crippen molar-refractivity contribution in [1.29, 1.82) is 0 Å². The van der Waals surface area contributed by atoms with Gasteiger partial charge in [0, 0.05) is 11.9 Å². The first-order valence-corrected chi connectivity index (χ1v) is 11.6. The SMILES string of the molecule is Cc1nn2c(nc(NCCCS(=O)(=O)Cc3ccccc3)c3ccccc32)c1Cl. The summed E-state index contributed by atoms with van der Waals surface area (Å²) in [7, 11) is -3.17. The normalized spacial score (nSPS) is 11.9. The van der Waals surface area contributed by atoms with Crippen LogP contribution in [0.2, 0.25) is 5.02 Å². The zero-order chi connectivity index (χ0) is 20.4. The average molecular weight is 429 g/mol. The first-order valence-electron chi connectivity index (χ1n) is 9.36. The second-order valence-corrected chi connectivity index (χ2v) is 9.53. The number of halogens is 1. The molecule has 29 heavy (non-hydrogen) atoms. The molecule has 2 heterocycles. The first kappa shape index (κ1) is 19.7. The van der Waals surface area contributed by atoms with Gasteiger partial charge in [0.1, 0.15) is 10.8 Å². The monoisotopic (exact) mass is 428 g/mol. The highest BCUT2D eigenvalue weighted by molar-refractivity contribution is 7.90. The first-order chi connectivity index (χ1) is 13.9. The van der Waals surface area contributed by atoms with Crippen LogP contribution >= 0.6 is 11.6 Å². The summed E-state index contributed by atoms with van der Waals surface area (Å²) in [6.07, 6.45) is 0.488. The van der Waals surface area contributed by atoms with Crippen molar-refractivity contribution in [3.05, 3.63) is 70.9 Å². The Bertz CT molecular complexity index is 1270. The number of nitrogens with zero attached hydrogens (tertiary/aromatic N) is 3. The maximum atomic E-state index is 12.4. The lowest BCUT2D eigenvalue weighted by atomic mass is 10.2. The largest absolute Gasteiger partial charge is 0.369 e. The Kier molecular flexibility index (Phi) is 5.43. The molecule has 0 saturated heterocycles. The summed E-state index contributed by atoms with van der Waals surface area (Å²) >= 11 is 6.36. The molecule has 2 aromatic heterocycles. The van der Waals surface area contributed by atoms with Crippen molar-refractivity contribution in [1.82, 2.24) is 14.6 Å². The number of sulfone groups is 1. The van der Waals surface area contributed by atoms with Crippen molar-refractivity contribution in [2.75, 3.05) is 17.6 Å². The second kappa shape index (κ2) is 8.00. The molecule has 150 valence electrons. The zero-order valence-corrected chi connectivity index (χ0v) is 17.5. The smallest absolute Gasteiger partial charge is 0.176 e. The molecule has 2 aromatic carbocycles. The summed E-state index contributed by atoms with van der Waals surface area (Å²) in [5.74, 6) is 0.850. The van der Waals surface area contributed by atoms with Gasteiger partial charge in [-0.1, -0.05) is 54.1 Å². The fourth-order valence-corrected chi connectivity index (χ4v) is 4.91. The lowest BCUT2D eigenvalue weighted by Gasteiger charge is -2.11. The minimum absolute atomic E-state index is 0.0612. The molecule has 6 nitrogen and oxygen atoms in total. The van der Waals surface area contributed by atoms with E-state index in [0.29, 0.717) is 35.1 Å². The van der Waals surface area contributed by atoms with Crippen LogP contribution in [0.15, 0.2) is 54.6 Å². The van der Waals surface area contributed by atoms with Crippen molar-refractivity contribution in [2.45, 2.75) is 19.1 Å². The van der Waals surface area contributed by atoms with Gasteiger partial charge in [0.15, 0.2) is 15.5 Å². The third-order valence-corrected chi connectivity index (χ3v) is 6.85. The Morgan fingerprint density at radius 2 is 1.79 bits per heavy atom. The number of para-hydroxylation sites is 1. The number of benzene rings is 2. The van der Waals surface area contributed by atoms with Gasteiger partial charge in [-0.3, -0.25) is 0 Å². The lowest BCUT2D eigenvalue weighted by molar-refractivity contribution is 0.593. The summed E-state index contributed by atoms with van der Waals surface area (Å²) in [6, 6.07) is 17.0. The molecule has 0 bridgehead atoms. The third-order valence-electron chi connectivity index (χ3n) is 4.72. The molecular weight excluding hydrogens is 408 g/mol. The third kappa shape index (κ3) is 4.21. The van der Waals surface area contributed by atoms with Crippen LogP contribution in [0, 0.1) is 6.92 Å². The Morgan fingerprint density at radius 1 is 1.07 bits per heavy atom. The minimum atomic E-state index is -3.17. The van der Waals surface area contributed by atoms with Gasteiger partial charge in [0.25, 0.3) is 0 Å². The van der Waals surface area contributed by atoms with Crippen LogP contribution in [-0.4, -0.2) is 35.3 Å². The van der Waals surface area contributed by atoms with Crippen LogP contribution in [0.25, 0.3) is 16.6 Å². The molecule has 8 heteroatoms. The summed E-state index contributed by atoms with van der Waals surface area (Å²) in [6.45, 7) is 2.34. The van der Waals surface area contributed by atoms with Crippen molar-refractivity contribution >= 4 is 43.8 Å². The number of fused-ring (bicyclic) bond motifs is 3. The number of aromatic nitrogens is 3. The van der Waals surface area contributed by atoms with E-state index in [-0.39, 0.29) is 11.5 Å². The summed E-state index contributed by atoms with van der Waals surface area (Å²) in [5.41, 5.74) is 3.01. The molecule has 0 spiro atoms.